The van der Waals surface area contributed by atoms with Gasteiger partial charge in [-0.15, -0.1) is 0 Å². The van der Waals surface area contributed by atoms with Gasteiger partial charge in [-0.05, 0) is 29.7 Å². The summed E-state index contributed by atoms with van der Waals surface area (Å²) >= 11 is 0. The van der Waals surface area contributed by atoms with Crippen molar-refractivity contribution in [2.75, 3.05) is 0 Å². The number of fused-ring (bicyclic) bond motifs is 1. The van der Waals surface area contributed by atoms with E-state index in [0.717, 1.165) is 5.56 Å². The number of carbonyl (C=O) groups excluding carboxylic acids is 1. The van der Waals surface area contributed by atoms with Crippen LogP contribution in [0.4, 0.5) is 0 Å². The Morgan fingerprint density at radius 2 is 2.00 bits per heavy atom. The van der Waals surface area contributed by atoms with Crippen LogP contribution in [0.25, 0.3) is 0 Å². The molecule has 6 heteroatoms. The van der Waals surface area contributed by atoms with Gasteiger partial charge < -0.3 is 15.5 Å². The molecule has 0 spiro atoms. The van der Waals surface area contributed by atoms with Gasteiger partial charge in [-0.3, -0.25) is 9.59 Å². The van der Waals surface area contributed by atoms with E-state index in [1.165, 1.54) is 12.1 Å². The summed E-state index contributed by atoms with van der Waals surface area (Å²) < 4.78 is 0. The lowest BCUT2D eigenvalue weighted by Gasteiger charge is -2.17. The van der Waals surface area contributed by atoms with Crippen LogP contribution < -0.4 is 5.32 Å². The molecular weight excluding hydrogens is 250 g/mol. The quantitative estimate of drug-likeness (QED) is 0.753. The minimum Gasteiger partial charge on any atom is -0.481 e. The van der Waals surface area contributed by atoms with Crippen molar-refractivity contribution in [1.29, 1.82) is 0 Å². The van der Waals surface area contributed by atoms with Crippen molar-refractivity contribution in [2.24, 2.45) is 0 Å². The zero-order valence-electron chi connectivity index (χ0n) is 10.0. The van der Waals surface area contributed by atoms with Gasteiger partial charge in [0.05, 0.1) is 18.0 Å². The molecule has 0 saturated heterocycles. The van der Waals surface area contributed by atoms with Gasteiger partial charge in [0.2, 0.25) is 5.91 Å². The van der Waals surface area contributed by atoms with E-state index in [-0.39, 0.29) is 24.3 Å². The first-order valence-corrected chi connectivity index (χ1v) is 5.84. The van der Waals surface area contributed by atoms with E-state index in [1.54, 1.807) is 6.07 Å². The number of carboxylic acids is 2. The minimum absolute atomic E-state index is 0.0882. The highest BCUT2D eigenvalue weighted by Gasteiger charge is 2.25. The van der Waals surface area contributed by atoms with E-state index in [9.17, 15) is 14.4 Å². The van der Waals surface area contributed by atoms with E-state index >= 15 is 0 Å². The highest BCUT2D eigenvalue weighted by atomic mass is 16.4. The molecule has 0 radical (unpaired) electrons. The van der Waals surface area contributed by atoms with Crippen LogP contribution in [-0.4, -0.2) is 28.1 Å². The molecule has 1 unspecified atom stereocenters. The molecule has 1 heterocycles. The predicted molar refractivity (Wildman–Crippen MR) is 64.9 cm³/mol. The number of carboxylic acid groups (broad SMARTS) is 2. The third kappa shape index (κ3) is 2.90. The molecule has 0 bridgehead atoms. The van der Waals surface area contributed by atoms with E-state index < -0.39 is 18.0 Å². The summed E-state index contributed by atoms with van der Waals surface area (Å²) in [5.41, 5.74) is 1.48. The average molecular weight is 263 g/mol. The molecule has 3 N–H and O–H groups in total. The molecule has 6 nitrogen and oxygen atoms in total. The Labute approximate surface area is 109 Å². The summed E-state index contributed by atoms with van der Waals surface area (Å²) in [7, 11) is 0. The van der Waals surface area contributed by atoms with Gasteiger partial charge in [0.15, 0.2) is 0 Å². The standard InChI is InChI=1S/C13H13NO5/c15-11-4-3-7-1-2-8(13(18)19)5-9(7)10(14-11)6-12(16)17/h1-2,5,10H,3-4,6H2,(H,14,15)(H,16,17)(H,18,19). The fraction of sp³-hybridized carbons (Fsp3) is 0.308. The first kappa shape index (κ1) is 13.1. The highest BCUT2D eigenvalue weighted by molar-refractivity contribution is 5.88. The second-order valence-electron chi connectivity index (χ2n) is 4.44. The summed E-state index contributed by atoms with van der Waals surface area (Å²) in [6.45, 7) is 0. The Bertz CT molecular complexity index is 552. The van der Waals surface area contributed by atoms with Crippen molar-refractivity contribution < 1.29 is 24.6 Å². The summed E-state index contributed by atoms with van der Waals surface area (Å²) in [5, 5.41) is 20.5. The van der Waals surface area contributed by atoms with Crippen molar-refractivity contribution in [2.45, 2.75) is 25.3 Å². The highest BCUT2D eigenvalue weighted by Crippen LogP contribution is 2.26. The minimum atomic E-state index is -1.08. The number of rotatable bonds is 3. The molecular formula is C13H13NO5. The molecule has 1 aromatic rings. The number of benzene rings is 1. The number of aryl methyl sites for hydroxylation is 1. The molecule has 0 saturated carbocycles. The molecule has 0 aromatic heterocycles. The van der Waals surface area contributed by atoms with Crippen LogP contribution in [0.15, 0.2) is 18.2 Å². The van der Waals surface area contributed by atoms with Crippen molar-refractivity contribution in [3.05, 3.63) is 34.9 Å². The third-order valence-electron chi connectivity index (χ3n) is 3.10. The normalized spacial score (nSPS) is 18.1. The van der Waals surface area contributed by atoms with Crippen LogP contribution in [-0.2, 0) is 16.0 Å². The van der Waals surface area contributed by atoms with Gasteiger partial charge in [0.25, 0.3) is 0 Å². The molecule has 100 valence electrons. The Kier molecular flexibility index (Phi) is 3.50. The second-order valence-corrected chi connectivity index (χ2v) is 4.44. The lowest BCUT2D eigenvalue weighted by molar-refractivity contribution is -0.137. The smallest absolute Gasteiger partial charge is 0.335 e. The number of aromatic carboxylic acids is 1. The maximum Gasteiger partial charge on any atom is 0.335 e. The first-order chi connectivity index (χ1) is 8.97. The lowest BCUT2D eigenvalue weighted by atomic mass is 9.95. The van der Waals surface area contributed by atoms with E-state index in [1.807, 2.05) is 0 Å². The topological polar surface area (TPSA) is 104 Å². The van der Waals surface area contributed by atoms with Crippen molar-refractivity contribution in [3.63, 3.8) is 0 Å². The van der Waals surface area contributed by atoms with Gasteiger partial charge in [-0.25, -0.2) is 4.79 Å². The van der Waals surface area contributed by atoms with E-state index in [4.69, 9.17) is 10.2 Å². The first-order valence-electron chi connectivity index (χ1n) is 5.84. The van der Waals surface area contributed by atoms with E-state index in [0.29, 0.717) is 12.0 Å². The maximum atomic E-state index is 11.5. The Balaban J connectivity index is 2.45. The maximum absolute atomic E-state index is 11.5. The number of hydrogen-bond acceptors (Lipinski definition) is 3. The van der Waals surface area contributed by atoms with Gasteiger partial charge >= 0.3 is 11.9 Å². The molecule has 1 amide bonds. The molecule has 19 heavy (non-hydrogen) atoms. The molecule has 0 fully saturated rings. The molecule has 2 rings (SSSR count). The van der Waals surface area contributed by atoms with Crippen molar-refractivity contribution >= 4 is 17.8 Å². The number of amides is 1. The third-order valence-corrected chi connectivity index (χ3v) is 3.10. The summed E-state index contributed by atoms with van der Waals surface area (Å²) in [5.74, 6) is -2.34. The van der Waals surface area contributed by atoms with Crippen LogP contribution in [0.3, 0.4) is 0 Å². The molecule has 0 aliphatic carbocycles. The number of nitrogens with one attached hydrogen (secondary N) is 1. The summed E-state index contributed by atoms with van der Waals surface area (Å²) in [4.78, 5) is 33.4. The fourth-order valence-corrected chi connectivity index (χ4v) is 2.21. The zero-order chi connectivity index (χ0) is 14.0. The Morgan fingerprint density at radius 3 is 2.63 bits per heavy atom. The second kappa shape index (κ2) is 5.09. The largest absolute Gasteiger partial charge is 0.481 e. The van der Waals surface area contributed by atoms with Gasteiger partial charge in [-0.2, -0.15) is 0 Å². The van der Waals surface area contributed by atoms with Gasteiger partial charge in [-0.1, -0.05) is 6.07 Å². The number of hydrogen-bond donors (Lipinski definition) is 3. The lowest BCUT2D eigenvalue weighted by Crippen LogP contribution is -2.28. The van der Waals surface area contributed by atoms with Crippen LogP contribution >= 0.6 is 0 Å². The molecule has 1 aromatic carbocycles. The molecule has 1 atom stereocenters. The van der Waals surface area contributed by atoms with Crippen LogP contribution in [0, 0.1) is 0 Å². The van der Waals surface area contributed by atoms with Gasteiger partial charge in [0, 0.05) is 6.42 Å². The monoisotopic (exact) mass is 263 g/mol. The van der Waals surface area contributed by atoms with Crippen molar-refractivity contribution in [1.82, 2.24) is 5.32 Å². The predicted octanol–water partition coefficient (Wildman–Crippen LogP) is 0.963. The molecule has 1 aliphatic heterocycles. The SMILES string of the molecule is O=C(O)CC1NC(=O)CCc2ccc(C(=O)O)cc21. The fourth-order valence-electron chi connectivity index (χ4n) is 2.21. The van der Waals surface area contributed by atoms with Crippen molar-refractivity contribution in [3.8, 4) is 0 Å². The summed E-state index contributed by atoms with van der Waals surface area (Å²) in [6, 6.07) is 3.88. The van der Waals surface area contributed by atoms with Crippen LogP contribution in [0.2, 0.25) is 0 Å². The number of carbonyl (C=O) groups is 3. The van der Waals surface area contributed by atoms with Crippen LogP contribution in [0.1, 0.15) is 40.4 Å². The molecule has 1 aliphatic rings. The summed E-state index contributed by atoms with van der Waals surface area (Å²) in [6.07, 6.45) is 0.495. The van der Waals surface area contributed by atoms with Crippen LogP contribution in [0.5, 0.6) is 0 Å². The Hall–Kier alpha value is -2.37. The number of aliphatic carboxylic acids is 1. The average Bonchev–Trinajstić information content (AvgIpc) is 2.48. The Morgan fingerprint density at radius 1 is 1.26 bits per heavy atom. The zero-order valence-corrected chi connectivity index (χ0v) is 10.0. The van der Waals surface area contributed by atoms with Gasteiger partial charge in [0.1, 0.15) is 0 Å². The van der Waals surface area contributed by atoms with E-state index in [2.05, 4.69) is 5.32 Å².